The van der Waals surface area contributed by atoms with Crippen LogP contribution in [0.3, 0.4) is 0 Å². The van der Waals surface area contributed by atoms with E-state index in [4.69, 9.17) is 5.11 Å². The molecule has 6 heteroatoms. The number of hydrogen-bond donors (Lipinski definition) is 2. The molecule has 1 rings (SSSR count). The standard InChI is InChI=1S/C12H22N2O3S/c1-9(2)5-10(3)14(4)18(16,17)12-6-11(8-15)13-7-12/h6-7,9-10,13,15H,5,8H2,1-4H3. The first-order valence-electron chi connectivity index (χ1n) is 6.05. The second kappa shape index (κ2) is 5.86. The zero-order valence-corrected chi connectivity index (χ0v) is 12.2. The molecule has 0 radical (unpaired) electrons. The van der Waals surface area contributed by atoms with E-state index in [1.807, 2.05) is 6.92 Å². The zero-order chi connectivity index (χ0) is 13.9. The molecular formula is C12H22N2O3S. The van der Waals surface area contributed by atoms with Crippen LogP contribution in [0.5, 0.6) is 0 Å². The summed E-state index contributed by atoms with van der Waals surface area (Å²) in [5, 5.41) is 8.94. The summed E-state index contributed by atoms with van der Waals surface area (Å²) in [4.78, 5) is 2.94. The first kappa shape index (κ1) is 15.2. The van der Waals surface area contributed by atoms with Gasteiger partial charge in [0.1, 0.15) is 0 Å². The molecule has 1 aromatic heterocycles. The number of rotatable bonds is 6. The van der Waals surface area contributed by atoms with Crippen molar-refractivity contribution < 1.29 is 13.5 Å². The van der Waals surface area contributed by atoms with Crippen LogP contribution in [-0.4, -0.2) is 35.9 Å². The number of aromatic nitrogens is 1. The number of H-pyrrole nitrogens is 1. The van der Waals surface area contributed by atoms with Gasteiger partial charge in [-0.2, -0.15) is 4.31 Å². The van der Waals surface area contributed by atoms with Gasteiger partial charge in [0.05, 0.1) is 11.5 Å². The molecule has 0 fully saturated rings. The Balaban J connectivity index is 2.92. The topological polar surface area (TPSA) is 73.4 Å². The summed E-state index contributed by atoms with van der Waals surface area (Å²) in [6, 6.07) is 1.41. The smallest absolute Gasteiger partial charge is 0.244 e. The largest absolute Gasteiger partial charge is 0.390 e. The lowest BCUT2D eigenvalue weighted by Crippen LogP contribution is -2.35. The molecule has 5 nitrogen and oxygen atoms in total. The Morgan fingerprint density at radius 2 is 2.00 bits per heavy atom. The average Bonchev–Trinajstić information content (AvgIpc) is 2.76. The molecule has 1 aromatic rings. The number of nitrogens with zero attached hydrogens (tertiary/aromatic N) is 1. The van der Waals surface area contributed by atoms with Gasteiger partial charge in [-0.1, -0.05) is 13.8 Å². The van der Waals surface area contributed by atoms with Crippen molar-refractivity contribution in [2.75, 3.05) is 7.05 Å². The number of sulfonamides is 1. The summed E-state index contributed by atoms with van der Waals surface area (Å²) >= 11 is 0. The number of aliphatic hydroxyl groups is 1. The van der Waals surface area contributed by atoms with Gasteiger partial charge in [0.2, 0.25) is 10.0 Å². The van der Waals surface area contributed by atoms with Gasteiger partial charge in [0, 0.05) is 25.0 Å². The highest BCUT2D eigenvalue weighted by Gasteiger charge is 2.26. The third kappa shape index (κ3) is 3.34. The average molecular weight is 274 g/mol. The lowest BCUT2D eigenvalue weighted by Gasteiger charge is -2.25. The molecule has 1 atom stereocenters. The highest BCUT2D eigenvalue weighted by molar-refractivity contribution is 7.89. The van der Waals surface area contributed by atoms with Gasteiger partial charge in [0.15, 0.2) is 0 Å². The van der Waals surface area contributed by atoms with Crippen LogP contribution in [0.15, 0.2) is 17.2 Å². The predicted octanol–water partition coefficient (Wildman–Crippen LogP) is 1.56. The SMILES string of the molecule is CC(C)CC(C)N(C)S(=O)(=O)c1c[nH]c(CO)c1. The summed E-state index contributed by atoms with van der Waals surface area (Å²) in [6.07, 6.45) is 2.23. The summed E-state index contributed by atoms with van der Waals surface area (Å²) < 4.78 is 26.0. The number of aromatic amines is 1. The Kier molecular flexibility index (Phi) is 4.95. The van der Waals surface area contributed by atoms with E-state index in [9.17, 15) is 8.42 Å². The molecule has 2 N–H and O–H groups in total. The summed E-state index contributed by atoms with van der Waals surface area (Å²) in [5.41, 5.74) is 0.499. The van der Waals surface area contributed by atoms with Crippen molar-refractivity contribution in [3.63, 3.8) is 0 Å². The van der Waals surface area contributed by atoms with Crippen molar-refractivity contribution in [2.45, 2.75) is 44.7 Å². The van der Waals surface area contributed by atoms with Gasteiger partial charge >= 0.3 is 0 Å². The van der Waals surface area contributed by atoms with Crippen molar-refractivity contribution >= 4 is 10.0 Å². The summed E-state index contributed by atoms with van der Waals surface area (Å²) in [7, 11) is -1.89. The van der Waals surface area contributed by atoms with Crippen molar-refractivity contribution in [3.8, 4) is 0 Å². The highest BCUT2D eigenvalue weighted by atomic mass is 32.2. The molecule has 0 aliphatic carbocycles. The van der Waals surface area contributed by atoms with Crippen LogP contribution in [0.25, 0.3) is 0 Å². The number of hydrogen-bond acceptors (Lipinski definition) is 3. The zero-order valence-electron chi connectivity index (χ0n) is 11.3. The highest BCUT2D eigenvalue weighted by Crippen LogP contribution is 2.20. The monoisotopic (exact) mass is 274 g/mol. The molecule has 1 heterocycles. The Hall–Kier alpha value is -0.850. The fourth-order valence-corrected chi connectivity index (χ4v) is 3.28. The third-order valence-electron chi connectivity index (χ3n) is 3.00. The van der Waals surface area contributed by atoms with Crippen LogP contribution in [0.1, 0.15) is 32.9 Å². The van der Waals surface area contributed by atoms with Crippen molar-refractivity contribution in [2.24, 2.45) is 5.92 Å². The summed E-state index contributed by atoms with van der Waals surface area (Å²) in [6.45, 7) is 5.84. The molecule has 104 valence electrons. The summed E-state index contributed by atoms with van der Waals surface area (Å²) in [5.74, 6) is 0.442. The van der Waals surface area contributed by atoms with E-state index in [0.717, 1.165) is 6.42 Å². The minimum atomic E-state index is -3.48. The normalized spacial score (nSPS) is 14.4. The molecule has 0 saturated heterocycles. The predicted molar refractivity (Wildman–Crippen MR) is 70.6 cm³/mol. The molecule has 0 aromatic carbocycles. The van der Waals surface area contributed by atoms with E-state index < -0.39 is 10.0 Å². The van der Waals surface area contributed by atoms with E-state index >= 15 is 0 Å². The van der Waals surface area contributed by atoms with Crippen molar-refractivity contribution in [1.29, 1.82) is 0 Å². The van der Waals surface area contributed by atoms with Gasteiger partial charge in [-0.25, -0.2) is 8.42 Å². The van der Waals surface area contributed by atoms with Crippen LogP contribution in [0.2, 0.25) is 0 Å². The van der Waals surface area contributed by atoms with E-state index in [-0.39, 0.29) is 17.5 Å². The molecular weight excluding hydrogens is 252 g/mol. The second-order valence-electron chi connectivity index (χ2n) is 5.02. The molecule has 18 heavy (non-hydrogen) atoms. The fraction of sp³-hybridized carbons (Fsp3) is 0.667. The molecule has 0 bridgehead atoms. The van der Waals surface area contributed by atoms with Gasteiger partial charge in [0.25, 0.3) is 0 Å². The third-order valence-corrected chi connectivity index (χ3v) is 4.95. The number of aliphatic hydroxyl groups excluding tert-OH is 1. The maximum atomic E-state index is 12.3. The molecule has 0 aliphatic rings. The van der Waals surface area contributed by atoms with Gasteiger partial charge in [-0.05, 0) is 25.3 Å². The minimum absolute atomic E-state index is 0.0533. The minimum Gasteiger partial charge on any atom is -0.390 e. The van der Waals surface area contributed by atoms with E-state index in [2.05, 4.69) is 18.8 Å². The van der Waals surface area contributed by atoms with Crippen LogP contribution < -0.4 is 0 Å². The van der Waals surface area contributed by atoms with E-state index in [1.54, 1.807) is 7.05 Å². The van der Waals surface area contributed by atoms with Crippen LogP contribution >= 0.6 is 0 Å². The van der Waals surface area contributed by atoms with Crippen LogP contribution in [-0.2, 0) is 16.6 Å². The number of nitrogens with one attached hydrogen (secondary N) is 1. The Morgan fingerprint density at radius 3 is 2.44 bits per heavy atom. The molecule has 0 spiro atoms. The Morgan fingerprint density at radius 1 is 1.39 bits per heavy atom. The second-order valence-corrected chi connectivity index (χ2v) is 7.02. The molecule has 1 unspecified atom stereocenters. The van der Waals surface area contributed by atoms with Gasteiger partial charge < -0.3 is 10.1 Å². The Bertz CT molecular complexity index is 479. The lowest BCUT2D eigenvalue weighted by atomic mass is 10.1. The van der Waals surface area contributed by atoms with Crippen LogP contribution in [0, 0.1) is 5.92 Å². The van der Waals surface area contributed by atoms with E-state index in [1.165, 1.54) is 16.6 Å². The first-order valence-corrected chi connectivity index (χ1v) is 7.49. The molecule has 0 amide bonds. The molecule has 0 saturated carbocycles. The van der Waals surface area contributed by atoms with Crippen LogP contribution in [0.4, 0.5) is 0 Å². The first-order chi connectivity index (χ1) is 8.28. The maximum Gasteiger partial charge on any atom is 0.244 e. The van der Waals surface area contributed by atoms with Crippen molar-refractivity contribution in [1.82, 2.24) is 9.29 Å². The van der Waals surface area contributed by atoms with E-state index in [0.29, 0.717) is 11.6 Å². The Labute approximate surface area is 109 Å². The maximum absolute atomic E-state index is 12.3. The quantitative estimate of drug-likeness (QED) is 0.827. The van der Waals surface area contributed by atoms with Crippen molar-refractivity contribution in [3.05, 3.63) is 18.0 Å². The fourth-order valence-electron chi connectivity index (χ4n) is 1.89. The lowest BCUT2D eigenvalue weighted by molar-refractivity contribution is 0.277. The molecule has 0 aliphatic heterocycles. The van der Waals surface area contributed by atoms with Gasteiger partial charge in [-0.3, -0.25) is 0 Å². The van der Waals surface area contributed by atoms with Gasteiger partial charge in [-0.15, -0.1) is 0 Å².